The van der Waals surface area contributed by atoms with Crippen LogP contribution in [0, 0.1) is 13.8 Å². The zero-order valence-corrected chi connectivity index (χ0v) is 13.8. The quantitative estimate of drug-likeness (QED) is 0.892. The number of nitrogens with one attached hydrogen (secondary N) is 2. The Morgan fingerprint density at radius 3 is 2.17 bits per heavy atom. The Balaban J connectivity index is 1.72. The van der Waals surface area contributed by atoms with Crippen LogP contribution in [0.5, 0.6) is 5.75 Å². The maximum Gasteiger partial charge on any atom is 0.319 e. The number of ether oxygens (including phenoxy) is 1. The van der Waals surface area contributed by atoms with Gasteiger partial charge in [0.15, 0.2) is 0 Å². The molecule has 2 aromatic rings. The Kier molecular flexibility index (Phi) is 3.99. The SMILES string of the molecule is COc1ccc(C2(NC(=O)Nc3c(C)cccc3C)CC2)cc1. The molecule has 0 bridgehead atoms. The van der Waals surface area contributed by atoms with Crippen molar-refractivity contribution in [3.8, 4) is 5.75 Å². The van der Waals surface area contributed by atoms with Crippen LogP contribution < -0.4 is 15.4 Å². The van der Waals surface area contributed by atoms with E-state index in [1.54, 1.807) is 7.11 Å². The molecule has 2 N–H and O–H groups in total. The van der Waals surface area contributed by atoms with Crippen molar-refractivity contribution in [2.24, 2.45) is 0 Å². The van der Waals surface area contributed by atoms with Crippen LogP contribution in [0.4, 0.5) is 10.5 Å². The van der Waals surface area contributed by atoms with Gasteiger partial charge < -0.3 is 15.4 Å². The molecule has 2 aromatic carbocycles. The Labute approximate surface area is 136 Å². The van der Waals surface area contributed by atoms with E-state index in [0.717, 1.165) is 41.0 Å². The Morgan fingerprint density at radius 1 is 1.04 bits per heavy atom. The average Bonchev–Trinajstić information content (AvgIpc) is 3.32. The standard InChI is InChI=1S/C19H22N2O2/c1-13-5-4-6-14(2)17(13)20-18(22)21-19(11-12-19)15-7-9-16(23-3)10-8-15/h4-10H,11-12H2,1-3H3,(H2,20,21,22). The van der Waals surface area contributed by atoms with E-state index in [2.05, 4.69) is 10.6 Å². The van der Waals surface area contributed by atoms with Crippen LogP contribution in [-0.4, -0.2) is 13.1 Å². The normalized spacial score (nSPS) is 14.9. The summed E-state index contributed by atoms with van der Waals surface area (Å²) in [6.45, 7) is 4.00. The maximum absolute atomic E-state index is 12.4. The van der Waals surface area contributed by atoms with E-state index in [9.17, 15) is 4.79 Å². The number of hydrogen-bond donors (Lipinski definition) is 2. The third-order valence-corrected chi connectivity index (χ3v) is 4.47. The molecule has 1 aliphatic carbocycles. The van der Waals surface area contributed by atoms with E-state index < -0.39 is 0 Å². The minimum absolute atomic E-state index is 0.157. The molecule has 0 spiro atoms. The van der Waals surface area contributed by atoms with E-state index in [4.69, 9.17) is 4.74 Å². The molecule has 0 saturated heterocycles. The number of methoxy groups -OCH3 is 1. The van der Waals surface area contributed by atoms with Gasteiger partial charge in [-0.1, -0.05) is 30.3 Å². The monoisotopic (exact) mass is 310 g/mol. The van der Waals surface area contributed by atoms with Gasteiger partial charge in [-0.25, -0.2) is 4.79 Å². The van der Waals surface area contributed by atoms with E-state index in [1.807, 2.05) is 56.3 Å². The molecule has 2 amide bonds. The molecule has 1 fully saturated rings. The average molecular weight is 310 g/mol. The summed E-state index contributed by atoms with van der Waals surface area (Å²) in [6.07, 6.45) is 1.92. The van der Waals surface area contributed by atoms with Gasteiger partial charge in [-0.15, -0.1) is 0 Å². The summed E-state index contributed by atoms with van der Waals surface area (Å²) >= 11 is 0. The molecular formula is C19H22N2O2. The smallest absolute Gasteiger partial charge is 0.319 e. The predicted molar refractivity (Wildman–Crippen MR) is 92.0 cm³/mol. The molecule has 0 aromatic heterocycles. The first kappa shape index (κ1) is 15.4. The summed E-state index contributed by atoms with van der Waals surface area (Å²) in [5.74, 6) is 0.824. The second kappa shape index (κ2) is 5.95. The summed E-state index contributed by atoms with van der Waals surface area (Å²) in [6, 6.07) is 13.7. The summed E-state index contributed by atoms with van der Waals surface area (Å²) < 4.78 is 5.19. The van der Waals surface area contributed by atoms with Gasteiger partial charge in [-0.2, -0.15) is 0 Å². The van der Waals surface area contributed by atoms with Gasteiger partial charge in [-0.3, -0.25) is 0 Å². The van der Waals surface area contributed by atoms with Crippen molar-refractivity contribution in [2.75, 3.05) is 12.4 Å². The number of aryl methyl sites for hydroxylation is 2. The van der Waals surface area contributed by atoms with Gasteiger partial charge in [0.25, 0.3) is 0 Å². The fraction of sp³-hybridized carbons (Fsp3) is 0.316. The molecule has 23 heavy (non-hydrogen) atoms. The Morgan fingerprint density at radius 2 is 1.65 bits per heavy atom. The molecule has 0 atom stereocenters. The number of anilines is 1. The van der Waals surface area contributed by atoms with Crippen molar-refractivity contribution < 1.29 is 9.53 Å². The maximum atomic E-state index is 12.4. The van der Waals surface area contributed by atoms with Gasteiger partial charge in [0, 0.05) is 5.69 Å². The van der Waals surface area contributed by atoms with E-state index >= 15 is 0 Å². The van der Waals surface area contributed by atoms with Crippen LogP contribution in [-0.2, 0) is 5.54 Å². The highest BCUT2D eigenvalue weighted by molar-refractivity contribution is 5.91. The number of amides is 2. The summed E-state index contributed by atoms with van der Waals surface area (Å²) in [4.78, 5) is 12.4. The lowest BCUT2D eigenvalue weighted by molar-refractivity contribution is 0.247. The largest absolute Gasteiger partial charge is 0.497 e. The minimum atomic E-state index is -0.243. The topological polar surface area (TPSA) is 50.4 Å². The molecule has 1 saturated carbocycles. The lowest BCUT2D eigenvalue weighted by atomic mass is 10.0. The lowest BCUT2D eigenvalue weighted by Gasteiger charge is -2.20. The molecule has 4 heteroatoms. The number of rotatable bonds is 4. The van der Waals surface area contributed by atoms with E-state index in [-0.39, 0.29) is 11.6 Å². The third kappa shape index (κ3) is 3.16. The van der Waals surface area contributed by atoms with Crippen molar-refractivity contribution in [3.05, 3.63) is 59.2 Å². The first-order valence-corrected chi connectivity index (χ1v) is 7.84. The van der Waals surface area contributed by atoms with E-state index in [1.165, 1.54) is 0 Å². The number of urea groups is 1. The van der Waals surface area contributed by atoms with Crippen molar-refractivity contribution in [3.63, 3.8) is 0 Å². The molecule has 0 unspecified atom stereocenters. The van der Waals surface area contributed by atoms with Crippen molar-refractivity contribution in [2.45, 2.75) is 32.2 Å². The van der Waals surface area contributed by atoms with Crippen molar-refractivity contribution in [1.29, 1.82) is 0 Å². The van der Waals surface area contributed by atoms with Crippen LogP contribution in [0.1, 0.15) is 29.5 Å². The zero-order chi connectivity index (χ0) is 16.4. The number of hydrogen-bond acceptors (Lipinski definition) is 2. The summed E-state index contributed by atoms with van der Waals surface area (Å²) in [7, 11) is 1.65. The molecule has 0 aliphatic heterocycles. The van der Waals surface area contributed by atoms with Gasteiger partial charge in [0.05, 0.1) is 12.6 Å². The summed E-state index contributed by atoms with van der Waals surface area (Å²) in [5.41, 5.74) is 3.89. The molecule has 3 rings (SSSR count). The zero-order valence-electron chi connectivity index (χ0n) is 13.8. The van der Waals surface area contributed by atoms with Crippen molar-refractivity contribution in [1.82, 2.24) is 5.32 Å². The third-order valence-electron chi connectivity index (χ3n) is 4.47. The first-order valence-electron chi connectivity index (χ1n) is 7.84. The fourth-order valence-electron chi connectivity index (χ4n) is 2.89. The van der Waals surface area contributed by atoms with Gasteiger partial charge in [0.1, 0.15) is 5.75 Å². The van der Waals surface area contributed by atoms with Gasteiger partial charge >= 0.3 is 6.03 Å². The summed E-state index contributed by atoms with van der Waals surface area (Å²) in [5, 5.41) is 6.13. The highest BCUT2D eigenvalue weighted by Crippen LogP contribution is 2.45. The van der Waals surface area contributed by atoms with Crippen LogP contribution >= 0.6 is 0 Å². The molecule has 4 nitrogen and oxygen atoms in total. The van der Waals surface area contributed by atoms with Crippen LogP contribution in [0.2, 0.25) is 0 Å². The number of carbonyl (C=O) groups excluding carboxylic acids is 1. The van der Waals surface area contributed by atoms with E-state index in [0.29, 0.717) is 0 Å². The minimum Gasteiger partial charge on any atom is -0.497 e. The highest BCUT2D eigenvalue weighted by atomic mass is 16.5. The number of para-hydroxylation sites is 1. The second-order valence-corrected chi connectivity index (χ2v) is 6.16. The predicted octanol–water partition coefficient (Wildman–Crippen LogP) is 4.12. The number of carbonyl (C=O) groups is 1. The van der Waals surface area contributed by atoms with Crippen molar-refractivity contribution >= 4 is 11.7 Å². The van der Waals surface area contributed by atoms with Crippen LogP contribution in [0.3, 0.4) is 0 Å². The Hall–Kier alpha value is -2.49. The van der Waals surface area contributed by atoms with Gasteiger partial charge in [-0.05, 0) is 55.5 Å². The fourth-order valence-corrected chi connectivity index (χ4v) is 2.89. The highest BCUT2D eigenvalue weighted by Gasteiger charge is 2.45. The molecule has 1 aliphatic rings. The second-order valence-electron chi connectivity index (χ2n) is 6.16. The lowest BCUT2D eigenvalue weighted by Crippen LogP contribution is -2.38. The molecule has 0 radical (unpaired) electrons. The first-order chi connectivity index (χ1) is 11.0. The molecular weight excluding hydrogens is 288 g/mol. The van der Waals surface area contributed by atoms with Crippen LogP contribution in [0.25, 0.3) is 0 Å². The Bertz CT molecular complexity index is 698. The molecule has 120 valence electrons. The molecule has 0 heterocycles. The van der Waals surface area contributed by atoms with Crippen LogP contribution in [0.15, 0.2) is 42.5 Å². The number of benzene rings is 2. The van der Waals surface area contributed by atoms with Gasteiger partial charge in [0.2, 0.25) is 0 Å².